The van der Waals surface area contributed by atoms with E-state index in [-0.39, 0.29) is 18.0 Å². The summed E-state index contributed by atoms with van der Waals surface area (Å²) >= 11 is 2.99. The maximum absolute atomic E-state index is 12.3. The third-order valence-corrected chi connectivity index (χ3v) is 2.18. The molecule has 2 nitrogen and oxygen atoms in total. The SMILES string of the molecule is Cl.N[C@@H](CF)c1cc(Br)cc(OC(F)(F)F)c1. The fourth-order valence-corrected chi connectivity index (χ4v) is 1.57. The predicted octanol–water partition coefficient (Wildman–Crippen LogP) is 3.74. The lowest BCUT2D eigenvalue weighted by molar-refractivity contribution is -0.274. The number of benzene rings is 1. The lowest BCUT2D eigenvalue weighted by Gasteiger charge is -2.13. The van der Waals surface area contributed by atoms with Crippen LogP contribution in [0.4, 0.5) is 17.6 Å². The molecular weight excluding hydrogens is 329 g/mol. The van der Waals surface area contributed by atoms with Gasteiger partial charge in [0, 0.05) is 4.47 Å². The highest BCUT2D eigenvalue weighted by Gasteiger charge is 2.31. The summed E-state index contributed by atoms with van der Waals surface area (Å²) in [4.78, 5) is 0. The fraction of sp³-hybridized carbons (Fsp3) is 0.333. The second-order valence-electron chi connectivity index (χ2n) is 3.03. The Morgan fingerprint density at radius 3 is 2.35 bits per heavy atom. The molecule has 1 rings (SSSR count). The number of hydrogen-bond acceptors (Lipinski definition) is 2. The molecule has 98 valence electrons. The molecule has 1 aromatic rings. The van der Waals surface area contributed by atoms with Crippen LogP contribution >= 0.6 is 28.3 Å². The Kier molecular flexibility index (Phi) is 6.22. The Balaban J connectivity index is 0.00000256. The topological polar surface area (TPSA) is 35.2 Å². The zero-order valence-electron chi connectivity index (χ0n) is 8.30. The van der Waals surface area contributed by atoms with Gasteiger partial charge in [-0.1, -0.05) is 15.9 Å². The average molecular weight is 339 g/mol. The molecule has 0 saturated heterocycles. The van der Waals surface area contributed by atoms with Crippen LogP contribution in [0.15, 0.2) is 22.7 Å². The van der Waals surface area contributed by atoms with Crippen LogP contribution in [0, 0.1) is 0 Å². The number of rotatable bonds is 3. The Labute approximate surface area is 110 Å². The molecule has 0 saturated carbocycles. The summed E-state index contributed by atoms with van der Waals surface area (Å²) in [5.74, 6) is -0.430. The van der Waals surface area contributed by atoms with Gasteiger partial charge in [0.2, 0.25) is 0 Å². The summed E-state index contributed by atoms with van der Waals surface area (Å²) in [6.07, 6.45) is -4.78. The lowest BCUT2D eigenvalue weighted by Crippen LogP contribution is -2.18. The Morgan fingerprint density at radius 2 is 1.88 bits per heavy atom. The first-order valence-corrected chi connectivity index (χ1v) is 4.99. The van der Waals surface area contributed by atoms with Gasteiger partial charge >= 0.3 is 6.36 Å². The van der Waals surface area contributed by atoms with Gasteiger partial charge in [0.25, 0.3) is 0 Å². The van der Waals surface area contributed by atoms with E-state index in [1.807, 2.05) is 0 Å². The van der Waals surface area contributed by atoms with E-state index in [2.05, 4.69) is 20.7 Å². The second-order valence-corrected chi connectivity index (χ2v) is 3.94. The molecule has 0 bridgehead atoms. The third-order valence-electron chi connectivity index (χ3n) is 1.72. The molecule has 0 radical (unpaired) electrons. The van der Waals surface area contributed by atoms with Gasteiger partial charge in [0.1, 0.15) is 12.4 Å². The van der Waals surface area contributed by atoms with Crippen molar-refractivity contribution < 1.29 is 22.3 Å². The van der Waals surface area contributed by atoms with Crippen LogP contribution in [0.25, 0.3) is 0 Å². The highest BCUT2D eigenvalue weighted by atomic mass is 79.9. The van der Waals surface area contributed by atoms with Gasteiger partial charge < -0.3 is 10.5 Å². The number of hydrogen-bond donors (Lipinski definition) is 1. The van der Waals surface area contributed by atoms with Crippen LogP contribution < -0.4 is 10.5 Å². The number of alkyl halides is 4. The summed E-state index contributed by atoms with van der Waals surface area (Å²) in [6.45, 7) is -0.859. The number of halogens is 6. The summed E-state index contributed by atoms with van der Waals surface area (Å²) in [7, 11) is 0. The van der Waals surface area contributed by atoms with E-state index < -0.39 is 24.8 Å². The first-order valence-electron chi connectivity index (χ1n) is 4.19. The zero-order chi connectivity index (χ0) is 12.3. The lowest BCUT2D eigenvalue weighted by atomic mass is 10.1. The van der Waals surface area contributed by atoms with E-state index in [9.17, 15) is 17.6 Å². The van der Waals surface area contributed by atoms with Crippen LogP contribution in [0.5, 0.6) is 5.75 Å². The minimum absolute atomic E-state index is 0. The number of ether oxygens (including phenoxy) is 1. The zero-order valence-corrected chi connectivity index (χ0v) is 10.7. The molecule has 0 fully saturated rings. The summed E-state index contributed by atoms with van der Waals surface area (Å²) in [5.41, 5.74) is 5.60. The van der Waals surface area contributed by atoms with E-state index in [4.69, 9.17) is 5.73 Å². The Morgan fingerprint density at radius 1 is 1.29 bits per heavy atom. The van der Waals surface area contributed by atoms with Crippen molar-refractivity contribution in [3.05, 3.63) is 28.2 Å². The molecule has 1 aromatic carbocycles. The van der Waals surface area contributed by atoms with E-state index in [0.717, 1.165) is 12.1 Å². The molecular formula is C9H9BrClF4NO. The van der Waals surface area contributed by atoms with Crippen LogP contribution in [0.3, 0.4) is 0 Å². The van der Waals surface area contributed by atoms with E-state index >= 15 is 0 Å². The quantitative estimate of drug-likeness (QED) is 0.852. The van der Waals surface area contributed by atoms with Gasteiger partial charge in [-0.3, -0.25) is 0 Å². The van der Waals surface area contributed by atoms with Gasteiger partial charge in [0.05, 0.1) is 6.04 Å². The van der Waals surface area contributed by atoms with Crippen molar-refractivity contribution >= 4 is 28.3 Å². The van der Waals surface area contributed by atoms with Gasteiger partial charge in [-0.05, 0) is 23.8 Å². The van der Waals surface area contributed by atoms with Gasteiger partial charge in [-0.15, -0.1) is 25.6 Å². The summed E-state index contributed by atoms with van der Waals surface area (Å²) in [6, 6.07) is 2.66. The standard InChI is InChI=1S/C9H8BrF4NO.ClH/c10-6-1-5(8(15)4-11)2-7(3-6)16-9(12,13)14;/h1-3,8H,4,15H2;1H/t8-;/m0./s1. The Hall–Kier alpha value is -0.530. The maximum Gasteiger partial charge on any atom is 0.573 e. The molecule has 0 amide bonds. The largest absolute Gasteiger partial charge is 0.573 e. The van der Waals surface area contributed by atoms with Gasteiger partial charge in [0.15, 0.2) is 0 Å². The molecule has 1 atom stereocenters. The third kappa shape index (κ3) is 5.56. The second kappa shape index (κ2) is 6.42. The van der Waals surface area contributed by atoms with Crippen LogP contribution in [0.1, 0.15) is 11.6 Å². The molecule has 0 spiro atoms. The minimum Gasteiger partial charge on any atom is -0.406 e. The summed E-state index contributed by atoms with van der Waals surface area (Å²) < 4.78 is 52.2. The highest BCUT2D eigenvalue weighted by molar-refractivity contribution is 9.10. The first-order chi connectivity index (χ1) is 7.31. The van der Waals surface area contributed by atoms with Gasteiger partial charge in [-0.2, -0.15) is 0 Å². The maximum atomic E-state index is 12.3. The van der Waals surface area contributed by atoms with Crippen LogP contribution in [-0.2, 0) is 0 Å². The van der Waals surface area contributed by atoms with Crippen molar-refractivity contribution in [1.29, 1.82) is 0 Å². The minimum atomic E-state index is -4.78. The molecule has 0 unspecified atom stereocenters. The van der Waals surface area contributed by atoms with Crippen molar-refractivity contribution in [2.45, 2.75) is 12.4 Å². The molecule has 0 aliphatic rings. The average Bonchev–Trinajstić information content (AvgIpc) is 2.12. The number of nitrogens with two attached hydrogens (primary N) is 1. The van der Waals surface area contributed by atoms with Crippen molar-refractivity contribution in [3.8, 4) is 5.75 Å². The highest BCUT2D eigenvalue weighted by Crippen LogP contribution is 2.29. The fourth-order valence-electron chi connectivity index (χ4n) is 1.08. The van der Waals surface area contributed by atoms with E-state index in [0.29, 0.717) is 4.47 Å². The van der Waals surface area contributed by atoms with Crippen LogP contribution in [0.2, 0.25) is 0 Å². The molecule has 0 aliphatic heterocycles. The van der Waals surface area contributed by atoms with Crippen molar-refractivity contribution in [2.75, 3.05) is 6.67 Å². The molecule has 2 N–H and O–H groups in total. The molecule has 0 aromatic heterocycles. The predicted molar refractivity (Wildman–Crippen MR) is 61.0 cm³/mol. The van der Waals surface area contributed by atoms with Crippen molar-refractivity contribution in [1.82, 2.24) is 0 Å². The Bertz CT molecular complexity index is 375. The van der Waals surface area contributed by atoms with E-state index in [1.54, 1.807) is 0 Å². The molecule has 17 heavy (non-hydrogen) atoms. The normalized spacial score (nSPS) is 12.8. The summed E-state index contributed by atoms with van der Waals surface area (Å²) in [5, 5.41) is 0. The molecule has 8 heteroatoms. The van der Waals surface area contributed by atoms with Crippen molar-refractivity contribution in [2.24, 2.45) is 5.73 Å². The van der Waals surface area contributed by atoms with Gasteiger partial charge in [-0.25, -0.2) is 4.39 Å². The molecule has 0 aliphatic carbocycles. The van der Waals surface area contributed by atoms with Crippen LogP contribution in [-0.4, -0.2) is 13.0 Å². The first kappa shape index (κ1) is 16.5. The monoisotopic (exact) mass is 337 g/mol. The van der Waals surface area contributed by atoms with E-state index in [1.165, 1.54) is 6.07 Å². The molecule has 0 heterocycles. The smallest absolute Gasteiger partial charge is 0.406 e. The van der Waals surface area contributed by atoms with Crippen molar-refractivity contribution in [3.63, 3.8) is 0 Å².